The number of hydrogen-bond acceptors (Lipinski definition) is 2. The summed E-state index contributed by atoms with van der Waals surface area (Å²) in [6.45, 7) is 3.77. The Balaban J connectivity index is 2.01. The second kappa shape index (κ2) is 4.03. The minimum Gasteiger partial charge on any atom is -0.379 e. The van der Waals surface area contributed by atoms with Crippen LogP contribution in [0, 0.1) is 17.8 Å². The van der Waals surface area contributed by atoms with Gasteiger partial charge in [0, 0.05) is 13.2 Å². The highest BCUT2D eigenvalue weighted by Crippen LogP contribution is 2.51. The molecule has 0 radical (unpaired) electrons. The summed E-state index contributed by atoms with van der Waals surface area (Å²) in [5.74, 6) is 2.48. The van der Waals surface area contributed by atoms with Gasteiger partial charge in [-0.25, -0.2) is 0 Å². The van der Waals surface area contributed by atoms with Gasteiger partial charge in [-0.2, -0.15) is 0 Å². The van der Waals surface area contributed by atoms with Crippen molar-refractivity contribution in [1.82, 2.24) is 0 Å². The maximum absolute atomic E-state index is 6.02. The maximum atomic E-state index is 6.02. The Kier molecular flexibility index (Phi) is 2.93. The maximum Gasteiger partial charge on any atom is 0.0791 e. The third-order valence-corrected chi connectivity index (χ3v) is 3.64. The molecule has 0 saturated heterocycles. The van der Waals surface area contributed by atoms with Gasteiger partial charge in [0.2, 0.25) is 0 Å². The molecule has 2 atom stereocenters. The van der Waals surface area contributed by atoms with Crippen molar-refractivity contribution in [2.45, 2.75) is 37.8 Å². The molecule has 0 heterocycles. The van der Waals surface area contributed by atoms with Gasteiger partial charge in [-0.05, 0) is 43.4 Å². The predicted octanol–water partition coefficient (Wildman–Crippen LogP) is 1.95. The normalized spacial score (nSPS) is 26.2. The zero-order chi connectivity index (χ0) is 10.1. The molecule has 0 amide bonds. The molecular weight excluding hydrogens is 174 g/mol. The largest absolute Gasteiger partial charge is 0.379 e. The van der Waals surface area contributed by atoms with E-state index in [2.05, 4.69) is 6.58 Å². The van der Waals surface area contributed by atoms with E-state index < -0.39 is 0 Å². The lowest BCUT2D eigenvalue weighted by atomic mass is 9.87. The molecule has 2 N–H and O–H groups in total. The quantitative estimate of drug-likeness (QED) is 0.657. The summed E-state index contributed by atoms with van der Waals surface area (Å²) in [5, 5.41) is 0. The van der Waals surface area contributed by atoms with Crippen LogP contribution in [0.3, 0.4) is 0 Å². The Morgan fingerprint density at radius 3 is 2.07 bits per heavy atom. The summed E-state index contributed by atoms with van der Waals surface area (Å²) in [5.41, 5.74) is 6.02. The van der Waals surface area contributed by atoms with E-state index in [1.54, 1.807) is 7.11 Å². The molecule has 80 valence electrons. The monoisotopic (exact) mass is 195 g/mol. The van der Waals surface area contributed by atoms with Gasteiger partial charge in [-0.1, -0.05) is 6.08 Å². The van der Waals surface area contributed by atoms with Crippen LogP contribution in [0.1, 0.15) is 25.7 Å². The highest BCUT2D eigenvalue weighted by Gasteiger charge is 2.46. The third kappa shape index (κ3) is 2.01. The molecule has 2 nitrogen and oxygen atoms in total. The number of methoxy groups -OCH3 is 1. The first kappa shape index (κ1) is 10.2. The Labute approximate surface area is 86.5 Å². The molecule has 0 aromatic heterocycles. The van der Waals surface area contributed by atoms with Gasteiger partial charge in [-0.15, -0.1) is 6.58 Å². The van der Waals surface area contributed by atoms with E-state index in [-0.39, 0.29) is 12.1 Å². The molecule has 2 unspecified atom stereocenters. The fourth-order valence-corrected chi connectivity index (χ4v) is 2.59. The van der Waals surface area contributed by atoms with E-state index in [9.17, 15) is 0 Å². The molecule has 0 aromatic carbocycles. The van der Waals surface area contributed by atoms with Crippen molar-refractivity contribution in [3.63, 3.8) is 0 Å². The van der Waals surface area contributed by atoms with Gasteiger partial charge in [0.1, 0.15) is 0 Å². The van der Waals surface area contributed by atoms with Crippen LogP contribution in [0.15, 0.2) is 12.7 Å². The fraction of sp³-hybridized carbons (Fsp3) is 0.833. The zero-order valence-corrected chi connectivity index (χ0v) is 8.99. The van der Waals surface area contributed by atoms with Gasteiger partial charge >= 0.3 is 0 Å². The third-order valence-electron chi connectivity index (χ3n) is 3.64. The predicted molar refractivity (Wildman–Crippen MR) is 57.9 cm³/mol. The molecule has 0 spiro atoms. The van der Waals surface area contributed by atoms with Gasteiger partial charge in [0.05, 0.1) is 6.10 Å². The van der Waals surface area contributed by atoms with E-state index in [1.165, 1.54) is 25.7 Å². The molecule has 0 aliphatic heterocycles. The van der Waals surface area contributed by atoms with Crippen LogP contribution in [0.5, 0.6) is 0 Å². The van der Waals surface area contributed by atoms with Crippen LogP contribution in [0.25, 0.3) is 0 Å². The van der Waals surface area contributed by atoms with Gasteiger partial charge < -0.3 is 10.5 Å². The fourth-order valence-electron chi connectivity index (χ4n) is 2.59. The molecule has 2 aliphatic carbocycles. The second-order valence-electron chi connectivity index (χ2n) is 4.77. The van der Waals surface area contributed by atoms with E-state index in [0.29, 0.717) is 5.92 Å². The average Bonchev–Trinajstić information content (AvgIpc) is 3.03. The summed E-state index contributed by atoms with van der Waals surface area (Å²) >= 11 is 0. The van der Waals surface area contributed by atoms with E-state index in [4.69, 9.17) is 10.5 Å². The van der Waals surface area contributed by atoms with Crippen molar-refractivity contribution in [1.29, 1.82) is 0 Å². The first-order valence-electron chi connectivity index (χ1n) is 5.69. The molecule has 14 heavy (non-hydrogen) atoms. The molecule has 2 saturated carbocycles. The van der Waals surface area contributed by atoms with Crippen LogP contribution in [0.2, 0.25) is 0 Å². The Morgan fingerprint density at radius 2 is 1.79 bits per heavy atom. The number of ether oxygens (including phenoxy) is 1. The topological polar surface area (TPSA) is 35.2 Å². The minimum atomic E-state index is 0.00574. The Morgan fingerprint density at radius 1 is 1.29 bits per heavy atom. The lowest BCUT2D eigenvalue weighted by Gasteiger charge is -2.29. The summed E-state index contributed by atoms with van der Waals surface area (Å²) in [6, 6.07) is 0.00574. The van der Waals surface area contributed by atoms with Gasteiger partial charge in [0.25, 0.3) is 0 Å². The Hall–Kier alpha value is -0.340. The van der Waals surface area contributed by atoms with Crippen molar-refractivity contribution in [3.05, 3.63) is 12.7 Å². The smallest absolute Gasteiger partial charge is 0.0791 e. The molecular formula is C12H21NO. The van der Waals surface area contributed by atoms with E-state index in [0.717, 1.165) is 11.8 Å². The van der Waals surface area contributed by atoms with Crippen LogP contribution in [0.4, 0.5) is 0 Å². The second-order valence-corrected chi connectivity index (χ2v) is 4.77. The number of hydrogen-bond donors (Lipinski definition) is 1. The number of nitrogens with two attached hydrogens (primary N) is 1. The molecule has 2 rings (SSSR count). The highest BCUT2D eigenvalue weighted by atomic mass is 16.5. The molecule has 2 fully saturated rings. The van der Waals surface area contributed by atoms with Crippen molar-refractivity contribution >= 4 is 0 Å². The highest BCUT2D eigenvalue weighted by molar-refractivity contribution is 5.02. The summed E-state index contributed by atoms with van der Waals surface area (Å²) in [4.78, 5) is 0. The lowest BCUT2D eigenvalue weighted by Crippen LogP contribution is -2.41. The molecule has 2 aliphatic rings. The molecule has 0 aromatic rings. The summed E-state index contributed by atoms with van der Waals surface area (Å²) in [7, 11) is 1.78. The standard InChI is InChI=1S/C12H21NO/c1-3-10(13)12(14-2)11(8-4-5-8)9-6-7-9/h3,8-12H,1,4-7,13H2,2H3. The van der Waals surface area contributed by atoms with Crippen molar-refractivity contribution in [2.75, 3.05) is 7.11 Å². The first-order chi connectivity index (χ1) is 6.77. The van der Waals surface area contributed by atoms with Crippen LogP contribution in [-0.4, -0.2) is 19.3 Å². The van der Waals surface area contributed by atoms with Crippen LogP contribution >= 0.6 is 0 Å². The van der Waals surface area contributed by atoms with Crippen molar-refractivity contribution < 1.29 is 4.74 Å². The van der Waals surface area contributed by atoms with Crippen molar-refractivity contribution in [2.24, 2.45) is 23.5 Å². The first-order valence-corrected chi connectivity index (χ1v) is 5.69. The van der Waals surface area contributed by atoms with E-state index in [1.807, 2.05) is 6.08 Å². The molecule has 2 heteroatoms. The van der Waals surface area contributed by atoms with Crippen LogP contribution in [-0.2, 0) is 4.74 Å². The van der Waals surface area contributed by atoms with Crippen LogP contribution < -0.4 is 5.73 Å². The minimum absolute atomic E-state index is 0.00574. The van der Waals surface area contributed by atoms with Gasteiger partial charge in [0.15, 0.2) is 0 Å². The van der Waals surface area contributed by atoms with Gasteiger partial charge in [-0.3, -0.25) is 0 Å². The Bertz CT molecular complexity index is 196. The van der Waals surface area contributed by atoms with E-state index >= 15 is 0 Å². The number of rotatable bonds is 6. The molecule has 0 bridgehead atoms. The van der Waals surface area contributed by atoms with Crippen molar-refractivity contribution in [3.8, 4) is 0 Å². The zero-order valence-electron chi connectivity index (χ0n) is 8.99. The SMILES string of the molecule is C=CC(N)C(OC)C(C1CC1)C1CC1. The lowest BCUT2D eigenvalue weighted by molar-refractivity contribution is 0.0247. The average molecular weight is 195 g/mol. The summed E-state index contributed by atoms with van der Waals surface area (Å²) in [6.07, 6.45) is 7.55. The summed E-state index contributed by atoms with van der Waals surface area (Å²) < 4.78 is 5.57.